The molecule has 2 aromatic rings. The van der Waals surface area contributed by atoms with E-state index in [9.17, 15) is 0 Å². The molecule has 2 N–H and O–H groups in total. The minimum Gasteiger partial charge on any atom is -0.359 e. The van der Waals surface area contributed by atoms with Crippen LogP contribution in [0.2, 0.25) is 0 Å². The first-order valence-electron chi connectivity index (χ1n) is 7.77. The fourth-order valence-corrected chi connectivity index (χ4v) is 2.00. The Kier molecular flexibility index (Phi) is 6.06. The molecule has 120 valence electrons. The summed E-state index contributed by atoms with van der Waals surface area (Å²) in [6.45, 7) is 9.26. The molecule has 0 fully saturated rings. The van der Waals surface area contributed by atoms with E-state index in [1.165, 1.54) is 0 Å². The molecule has 2 heterocycles. The van der Waals surface area contributed by atoms with E-state index in [1.54, 1.807) is 0 Å². The van der Waals surface area contributed by atoms with Gasteiger partial charge in [-0.3, -0.25) is 0 Å². The summed E-state index contributed by atoms with van der Waals surface area (Å²) in [5.74, 6) is 1.94. The molecule has 0 atom stereocenters. The topological polar surface area (TPSA) is 67.4 Å². The summed E-state index contributed by atoms with van der Waals surface area (Å²) >= 11 is 0. The SMILES string of the molecule is CCNC(=NCc1cc(C(C)C)no1)NCCn1cccc1. The van der Waals surface area contributed by atoms with Gasteiger partial charge in [0.2, 0.25) is 0 Å². The molecule has 0 aliphatic rings. The summed E-state index contributed by atoms with van der Waals surface area (Å²) < 4.78 is 7.43. The lowest BCUT2D eigenvalue weighted by Crippen LogP contribution is -2.38. The predicted molar refractivity (Wildman–Crippen MR) is 87.8 cm³/mol. The van der Waals surface area contributed by atoms with E-state index >= 15 is 0 Å². The van der Waals surface area contributed by atoms with Crippen molar-refractivity contribution in [3.05, 3.63) is 42.0 Å². The molecule has 0 radical (unpaired) electrons. The second-order valence-electron chi connectivity index (χ2n) is 5.42. The zero-order valence-electron chi connectivity index (χ0n) is 13.5. The molecule has 6 heteroatoms. The van der Waals surface area contributed by atoms with Crippen LogP contribution in [0.3, 0.4) is 0 Å². The quantitative estimate of drug-likeness (QED) is 0.608. The highest BCUT2D eigenvalue weighted by atomic mass is 16.5. The number of nitrogens with one attached hydrogen (secondary N) is 2. The maximum atomic E-state index is 5.30. The Labute approximate surface area is 131 Å². The molecule has 0 bridgehead atoms. The smallest absolute Gasteiger partial charge is 0.191 e. The number of guanidine groups is 1. The molecule has 6 nitrogen and oxygen atoms in total. The maximum Gasteiger partial charge on any atom is 0.191 e. The van der Waals surface area contributed by atoms with Gasteiger partial charge in [-0.2, -0.15) is 0 Å². The number of rotatable bonds is 7. The zero-order chi connectivity index (χ0) is 15.8. The fraction of sp³-hybridized carbons (Fsp3) is 0.500. The maximum absolute atomic E-state index is 5.30. The van der Waals surface area contributed by atoms with E-state index in [1.807, 2.05) is 30.6 Å². The third-order valence-electron chi connectivity index (χ3n) is 3.23. The van der Waals surface area contributed by atoms with Crippen molar-refractivity contribution in [2.45, 2.75) is 39.8 Å². The lowest BCUT2D eigenvalue weighted by atomic mass is 10.1. The average molecular weight is 303 g/mol. The Balaban J connectivity index is 1.85. The van der Waals surface area contributed by atoms with Gasteiger partial charge in [0.1, 0.15) is 6.54 Å². The minimum absolute atomic E-state index is 0.370. The number of aliphatic imine (C=N–C) groups is 1. The average Bonchev–Trinajstić information content (AvgIpc) is 3.16. The number of nitrogens with zero attached hydrogens (tertiary/aromatic N) is 3. The van der Waals surface area contributed by atoms with Crippen molar-refractivity contribution in [3.8, 4) is 0 Å². The molecule has 2 aromatic heterocycles. The molecule has 0 unspecified atom stereocenters. The van der Waals surface area contributed by atoms with E-state index in [0.29, 0.717) is 12.5 Å². The van der Waals surface area contributed by atoms with E-state index in [4.69, 9.17) is 4.52 Å². The molecule has 0 amide bonds. The molecule has 0 spiro atoms. The van der Waals surface area contributed by atoms with Gasteiger partial charge in [-0.05, 0) is 25.0 Å². The molecule has 0 aliphatic carbocycles. The Morgan fingerprint density at radius 2 is 2.09 bits per heavy atom. The summed E-state index contributed by atoms with van der Waals surface area (Å²) in [5.41, 5.74) is 0.968. The van der Waals surface area contributed by atoms with Crippen molar-refractivity contribution in [2.24, 2.45) is 4.99 Å². The number of aromatic nitrogens is 2. The molecule has 22 heavy (non-hydrogen) atoms. The molecule has 0 saturated heterocycles. The number of hydrogen-bond acceptors (Lipinski definition) is 3. The van der Waals surface area contributed by atoms with Gasteiger partial charge in [0, 0.05) is 38.1 Å². The largest absolute Gasteiger partial charge is 0.359 e. The number of hydrogen-bond donors (Lipinski definition) is 2. The van der Waals surface area contributed by atoms with Gasteiger partial charge in [-0.15, -0.1) is 0 Å². The van der Waals surface area contributed by atoms with Crippen LogP contribution >= 0.6 is 0 Å². The van der Waals surface area contributed by atoms with Crippen molar-refractivity contribution in [2.75, 3.05) is 13.1 Å². The second-order valence-corrected chi connectivity index (χ2v) is 5.42. The molecule has 2 rings (SSSR count). The summed E-state index contributed by atoms with van der Waals surface area (Å²) in [4.78, 5) is 4.53. The molecule has 0 saturated carbocycles. The summed E-state index contributed by atoms with van der Waals surface area (Å²) in [6, 6.07) is 6.02. The van der Waals surface area contributed by atoms with E-state index in [0.717, 1.165) is 37.0 Å². The van der Waals surface area contributed by atoms with Crippen LogP contribution in [-0.4, -0.2) is 28.8 Å². The molecule has 0 aliphatic heterocycles. The standard InChI is InChI=1S/C16H25N5O/c1-4-17-16(18-7-10-21-8-5-6-9-21)19-12-14-11-15(13(2)3)20-22-14/h5-6,8-9,11,13H,4,7,10,12H2,1-3H3,(H2,17,18,19). The van der Waals surface area contributed by atoms with Gasteiger partial charge >= 0.3 is 0 Å². The molecule has 0 aromatic carbocycles. The highest BCUT2D eigenvalue weighted by molar-refractivity contribution is 5.79. The van der Waals surface area contributed by atoms with Crippen LogP contribution in [0.15, 0.2) is 40.1 Å². The Bertz CT molecular complexity index is 571. The van der Waals surface area contributed by atoms with Gasteiger partial charge in [0.05, 0.1) is 5.69 Å². The van der Waals surface area contributed by atoms with E-state index in [-0.39, 0.29) is 0 Å². The fourth-order valence-electron chi connectivity index (χ4n) is 2.00. The van der Waals surface area contributed by atoms with Crippen molar-refractivity contribution in [3.63, 3.8) is 0 Å². The third-order valence-corrected chi connectivity index (χ3v) is 3.23. The van der Waals surface area contributed by atoms with Crippen molar-refractivity contribution >= 4 is 5.96 Å². The predicted octanol–water partition coefficient (Wildman–Crippen LogP) is 2.35. The second kappa shape index (κ2) is 8.26. The molecular formula is C16H25N5O. The highest BCUT2D eigenvalue weighted by Crippen LogP contribution is 2.14. The van der Waals surface area contributed by atoms with Crippen LogP contribution in [0.25, 0.3) is 0 Å². The first-order valence-corrected chi connectivity index (χ1v) is 7.77. The van der Waals surface area contributed by atoms with Crippen LogP contribution in [0, 0.1) is 0 Å². The third kappa shape index (κ3) is 4.95. The van der Waals surface area contributed by atoms with Gasteiger partial charge in [0.15, 0.2) is 11.7 Å². The van der Waals surface area contributed by atoms with Gasteiger partial charge in [0.25, 0.3) is 0 Å². The van der Waals surface area contributed by atoms with Gasteiger partial charge in [-0.25, -0.2) is 4.99 Å². The summed E-state index contributed by atoms with van der Waals surface area (Å²) in [6.07, 6.45) is 4.10. The lowest BCUT2D eigenvalue weighted by molar-refractivity contribution is 0.376. The van der Waals surface area contributed by atoms with Crippen LogP contribution < -0.4 is 10.6 Å². The lowest BCUT2D eigenvalue weighted by Gasteiger charge is -2.11. The van der Waals surface area contributed by atoms with Crippen LogP contribution in [0.4, 0.5) is 0 Å². The van der Waals surface area contributed by atoms with Crippen LogP contribution in [-0.2, 0) is 13.1 Å². The van der Waals surface area contributed by atoms with Gasteiger partial charge in [-0.1, -0.05) is 19.0 Å². The Morgan fingerprint density at radius 1 is 1.32 bits per heavy atom. The summed E-state index contributed by atoms with van der Waals surface area (Å²) in [5, 5.41) is 10.6. The Morgan fingerprint density at radius 3 is 2.73 bits per heavy atom. The van der Waals surface area contributed by atoms with E-state index < -0.39 is 0 Å². The van der Waals surface area contributed by atoms with Crippen molar-refractivity contribution in [1.29, 1.82) is 0 Å². The first kappa shape index (κ1) is 16.1. The highest BCUT2D eigenvalue weighted by Gasteiger charge is 2.07. The van der Waals surface area contributed by atoms with Crippen LogP contribution in [0.1, 0.15) is 38.1 Å². The normalized spacial score (nSPS) is 11.9. The van der Waals surface area contributed by atoms with E-state index in [2.05, 4.69) is 46.1 Å². The monoisotopic (exact) mass is 303 g/mol. The summed E-state index contributed by atoms with van der Waals surface area (Å²) in [7, 11) is 0. The zero-order valence-corrected chi connectivity index (χ0v) is 13.5. The van der Waals surface area contributed by atoms with Crippen LogP contribution in [0.5, 0.6) is 0 Å². The Hall–Kier alpha value is -2.24. The minimum atomic E-state index is 0.370. The van der Waals surface area contributed by atoms with Crippen molar-refractivity contribution < 1.29 is 4.52 Å². The molecular weight excluding hydrogens is 278 g/mol. The first-order chi connectivity index (χ1) is 10.7. The van der Waals surface area contributed by atoms with Gasteiger partial charge < -0.3 is 19.7 Å². The van der Waals surface area contributed by atoms with Crippen molar-refractivity contribution in [1.82, 2.24) is 20.4 Å².